The van der Waals surface area contributed by atoms with Gasteiger partial charge in [0, 0.05) is 37.5 Å². The van der Waals surface area contributed by atoms with E-state index in [1.165, 1.54) is 0 Å². The summed E-state index contributed by atoms with van der Waals surface area (Å²) in [5, 5.41) is 0.859. The van der Waals surface area contributed by atoms with Gasteiger partial charge in [-0.25, -0.2) is 0 Å². The molecule has 6 heteroatoms. The summed E-state index contributed by atoms with van der Waals surface area (Å²) in [6, 6.07) is 0.766. The second-order valence-corrected chi connectivity index (χ2v) is 7.19. The van der Waals surface area contributed by atoms with Crippen molar-refractivity contribution in [3.05, 3.63) is 0 Å². The molecule has 0 rings (SSSR count). The Labute approximate surface area is 91.4 Å². The highest BCUT2D eigenvalue weighted by atomic mass is 79.9. The normalized spacial score (nSPS) is 14.8. The minimum Gasteiger partial charge on any atom is -0.377 e. The van der Waals surface area contributed by atoms with Crippen LogP contribution in [0.15, 0.2) is 0 Å². The van der Waals surface area contributed by atoms with Gasteiger partial charge in [-0.15, -0.1) is 0 Å². The van der Waals surface area contributed by atoms with Gasteiger partial charge in [-0.3, -0.25) is 0 Å². The first-order valence-electron chi connectivity index (χ1n) is 3.49. The van der Waals surface area contributed by atoms with E-state index in [4.69, 9.17) is 13.3 Å². The predicted octanol–water partition coefficient (Wildman–Crippen LogP) is 2.02. The van der Waals surface area contributed by atoms with Crippen LogP contribution in [0.1, 0.15) is 0 Å². The first-order valence-corrected chi connectivity index (χ1v) is 7.46. The topological polar surface area (TPSA) is 27.7 Å². The lowest BCUT2D eigenvalue weighted by atomic mass is 10.6. The summed E-state index contributed by atoms with van der Waals surface area (Å²) in [6.07, 6.45) is 0. The van der Waals surface area contributed by atoms with E-state index < -0.39 is 8.80 Å². The summed E-state index contributed by atoms with van der Waals surface area (Å²) < 4.78 is 15.8. The molecule has 0 bridgehead atoms. The molecule has 0 radical (unpaired) electrons. The number of halogens is 2. The van der Waals surface area contributed by atoms with E-state index in [-0.39, 0.29) is 0 Å². The number of alkyl halides is 2. The Balaban J connectivity index is 4.09. The fourth-order valence-electron chi connectivity index (χ4n) is 0.826. The fraction of sp³-hybridized carbons (Fsp3) is 1.00. The van der Waals surface area contributed by atoms with Crippen LogP contribution in [0, 0.1) is 0 Å². The lowest BCUT2D eigenvalue weighted by molar-refractivity contribution is 0.124. The summed E-state index contributed by atoms with van der Waals surface area (Å²) in [4.78, 5) is 0.323. The van der Waals surface area contributed by atoms with Crippen LogP contribution in [-0.2, 0) is 13.3 Å². The van der Waals surface area contributed by atoms with Crippen molar-refractivity contribution in [2.75, 3.05) is 26.7 Å². The monoisotopic (exact) mass is 320 g/mol. The second-order valence-electron chi connectivity index (χ2n) is 2.25. The summed E-state index contributed by atoms with van der Waals surface area (Å²) in [5.74, 6) is 0. The van der Waals surface area contributed by atoms with Gasteiger partial charge in [0.15, 0.2) is 0 Å². The molecule has 0 heterocycles. The van der Waals surface area contributed by atoms with Crippen molar-refractivity contribution in [2.45, 2.75) is 10.9 Å². The largest absolute Gasteiger partial charge is 0.501 e. The second kappa shape index (κ2) is 6.50. The Morgan fingerprint density at radius 1 is 1.17 bits per heavy atom. The Bertz CT molecular complexity index is 113. The molecule has 0 aliphatic heterocycles. The zero-order chi connectivity index (χ0) is 9.61. The van der Waals surface area contributed by atoms with Gasteiger partial charge in [0.2, 0.25) is 0 Å². The highest BCUT2D eigenvalue weighted by Crippen LogP contribution is 2.21. The molecule has 0 aliphatic rings. The summed E-state index contributed by atoms with van der Waals surface area (Å²) >= 11 is 6.85. The minimum atomic E-state index is -2.38. The zero-order valence-corrected chi connectivity index (χ0v) is 11.6. The summed E-state index contributed by atoms with van der Waals surface area (Å²) in [6.45, 7) is 0. The molecule has 74 valence electrons. The van der Waals surface area contributed by atoms with Crippen LogP contribution in [0.5, 0.6) is 0 Å². The van der Waals surface area contributed by atoms with Gasteiger partial charge in [-0.1, -0.05) is 31.9 Å². The number of hydrogen-bond acceptors (Lipinski definition) is 3. The molecule has 0 saturated carbocycles. The maximum absolute atomic E-state index is 5.25. The van der Waals surface area contributed by atoms with Crippen molar-refractivity contribution >= 4 is 40.7 Å². The lowest BCUT2D eigenvalue weighted by Crippen LogP contribution is -2.44. The van der Waals surface area contributed by atoms with Gasteiger partial charge in [-0.05, 0) is 0 Å². The molecule has 3 nitrogen and oxygen atoms in total. The summed E-state index contributed by atoms with van der Waals surface area (Å²) in [5.41, 5.74) is 0. The Morgan fingerprint density at radius 3 is 1.83 bits per heavy atom. The van der Waals surface area contributed by atoms with E-state index in [1.54, 1.807) is 21.3 Å². The highest BCUT2D eigenvalue weighted by Gasteiger charge is 2.39. The standard InChI is InChI=1S/C6H14Br2O3Si/c1-9-12(10-2,11-3)5-6(8)4-7/h6H,4-5H2,1-3H3. The van der Waals surface area contributed by atoms with Gasteiger partial charge < -0.3 is 13.3 Å². The molecule has 0 N–H and O–H groups in total. The maximum Gasteiger partial charge on any atom is 0.501 e. The van der Waals surface area contributed by atoms with Crippen LogP contribution in [0.25, 0.3) is 0 Å². The molecule has 0 aromatic carbocycles. The fourth-order valence-corrected chi connectivity index (χ4v) is 4.35. The van der Waals surface area contributed by atoms with E-state index in [1.807, 2.05) is 0 Å². The quantitative estimate of drug-likeness (QED) is 0.553. The molecule has 1 atom stereocenters. The van der Waals surface area contributed by atoms with Crippen molar-refractivity contribution in [2.24, 2.45) is 0 Å². The van der Waals surface area contributed by atoms with Crippen LogP contribution >= 0.6 is 31.9 Å². The molecule has 0 amide bonds. The van der Waals surface area contributed by atoms with E-state index >= 15 is 0 Å². The van der Waals surface area contributed by atoms with Crippen LogP contribution < -0.4 is 0 Å². The number of hydrogen-bond donors (Lipinski definition) is 0. The van der Waals surface area contributed by atoms with Gasteiger partial charge >= 0.3 is 8.80 Å². The van der Waals surface area contributed by atoms with Crippen molar-refractivity contribution in [1.82, 2.24) is 0 Å². The molecule has 0 aromatic rings. The van der Waals surface area contributed by atoms with Crippen LogP contribution in [-0.4, -0.2) is 40.3 Å². The average molecular weight is 322 g/mol. The molecule has 0 aromatic heterocycles. The van der Waals surface area contributed by atoms with E-state index in [0.717, 1.165) is 11.4 Å². The Hall–Kier alpha value is 1.06. The SMILES string of the molecule is CO[Si](CC(Br)CBr)(OC)OC. The average Bonchev–Trinajstić information content (AvgIpc) is 2.14. The first kappa shape index (κ1) is 13.1. The van der Waals surface area contributed by atoms with Crippen LogP contribution in [0.2, 0.25) is 6.04 Å². The smallest absolute Gasteiger partial charge is 0.377 e. The van der Waals surface area contributed by atoms with Crippen LogP contribution in [0.4, 0.5) is 0 Å². The molecule has 0 fully saturated rings. The van der Waals surface area contributed by atoms with Gasteiger partial charge in [0.05, 0.1) is 0 Å². The molecule has 0 spiro atoms. The molecular weight excluding hydrogens is 308 g/mol. The number of rotatable bonds is 6. The van der Waals surface area contributed by atoms with Crippen molar-refractivity contribution in [1.29, 1.82) is 0 Å². The lowest BCUT2D eigenvalue weighted by Gasteiger charge is -2.25. The Kier molecular flexibility index (Phi) is 7.07. The third-order valence-electron chi connectivity index (χ3n) is 1.57. The van der Waals surface area contributed by atoms with Crippen molar-refractivity contribution in [3.63, 3.8) is 0 Å². The third kappa shape index (κ3) is 3.84. The predicted molar refractivity (Wildman–Crippen MR) is 58.1 cm³/mol. The van der Waals surface area contributed by atoms with Gasteiger partial charge in [-0.2, -0.15) is 0 Å². The molecule has 12 heavy (non-hydrogen) atoms. The maximum atomic E-state index is 5.25. The Morgan fingerprint density at radius 2 is 1.58 bits per heavy atom. The summed E-state index contributed by atoms with van der Waals surface area (Å²) in [7, 11) is 2.48. The van der Waals surface area contributed by atoms with E-state index in [0.29, 0.717) is 4.83 Å². The van der Waals surface area contributed by atoms with Crippen molar-refractivity contribution in [3.8, 4) is 0 Å². The molecule has 0 aliphatic carbocycles. The van der Waals surface area contributed by atoms with Crippen molar-refractivity contribution < 1.29 is 13.3 Å². The van der Waals surface area contributed by atoms with Gasteiger partial charge in [0.25, 0.3) is 0 Å². The molecular formula is C6H14Br2O3Si. The zero-order valence-electron chi connectivity index (χ0n) is 7.47. The van der Waals surface area contributed by atoms with E-state index in [2.05, 4.69) is 31.9 Å². The molecule has 1 unspecified atom stereocenters. The molecule has 0 saturated heterocycles. The first-order chi connectivity index (χ1) is 5.64. The highest BCUT2D eigenvalue weighted by molar-refractivity contribution is 9.12. The minimum absolute atomic E-state index is 0.323. The van der Waals surface area contributed by atoms with Gasteiger partial charge in [0.1, 0.15) is 0 Å². The third-order valence-corrected chi connectivity index (χ3v) is 7.33. The van der Waals surface area contributed by atoms with E-state index in [9.17, 15) is 0 Å². The van der Waals surface area contributed by atoms with Crippen LogP contribution in [0.3, 0.4) is 0 Å².